The van der Waals surface area contributed by atoms with Crippen LogP contribution in [0.2, 0.25) is 0 Å². The van der Waals surface area contributed by atoms with Crippen molar-refractivity contribution in [3.05, 3.63) is 51.0 Å². The summed E-state index contributed by atoms with van der Waals surface area (Å²) in [5.74, 6) is 0. The zero-order chi connectivity index (χ0) is 12.5. The number of aryl methyl sites for hydroxylation is 3. The lowest BCUT2D eigenvalue weighted by molar-refractivity contribution is 0.726. The summed E-state index contributed by atoms with van der Waals surface area (Å²) >= 11 is 5.34. The SMILES string of the molecule is Cc1ncsc1CCn1ccc2c(Br)cccc21. The molecule has 1 aromatic carbocycles. The number of halogens is 1. The van der Waals surface area contributed by atoms with Gasteiger partial charge in [0.15, 0.2) is 0 Å². The maximum atomic E-state index is 4.29. The first-order valence-electron chi connectivity index (χ1n) is 5.88. The van der Waals surface area contributed by atoms with Crippen LogP contribution in [-0.2, 0) is 13.0 Å². The molecule has 0 saturated heterocycles. The molecule has 0 aliphatic rings. The molecule has 92 valence electrons. The number of nitrogens with zero attached hydrogens (tertiary/aromatic N) is 2. The van der Waals surface area contributed by atoms with Crippen LogP contribution < -0.4 is 0 Å². The summed E-state index contributed by atoms with van der Waals surface area (Å²) < 4.78 is 3.46. The van der Waals surface area contributed by atoms with Gasteiger partial charge in [0.05, 0.1) is 11.2 Å². The quantitative estimate of drug-likeness (QED) is 0.698. The molecule has 0 N–H and O–H groups in total. The first-order valence-corrected chi connectivity index (χ1v) is 7.55. The summed E-state index contributed by atoms with van der Waals surface area (Å²) in [4.78, 5) is 5.68. The van der Waals surface area contributed by atoms with Crippen molar-refractivity contribution in [1.82, 2.24) is 9.55 Å². The van der Waals surface area contributed by atoms with Crippen molar-refractivity contribution < 1.29 is 0 Å². The van der Waals surface area contributed by atoms with Crippen LogP contribution >= 0.6 is 27.3 Å². The van der Waals surface area contributed by atoms with Crippen molar-refractivity contribution >= 4 is 38.2 Å². The average molecular weight is 321 g/mol. The predicted octanol–water partition coefficient (Wildman–Crippen LogP) is 4.41. The lowest BCUT2D eigenvalue weighted by Gasteiger charge is -2.05. The summed E-state index contributed by atoms with van der Waals surface area (Å²) in [7, 11) is 0. The Bertz CT molecular complexity index is 684. The van der Waals surface area contributed by atoms with Crippen molar-refractivity contribution in [1.29, 1.82) is 0 Å². The molecule has 18 heavy (non-hydrogen) atoms. The normalized spacial score (nSPS) is 11.2. The van der Waals surface area contributed by atoms with E-state index in [1.807, 2.05) is 5.51 Å². The Balaban J connectivity index is 1.87. The fraction of sp³-hybridized carbons (Fsp3) is 0.214. The number of hydrogen-bond acceptors (Lipinski definition) is 2. The van der Waals surface area contributed by atoms with Crippen LogP contribution in [0.3, 0.4) is 0 Å². The van der Waals surface area contributed by atoms with Gasteiger partial charge in [0.25, 0.3) is 0 Å². The molecule has 2 aromatic heterocycles. The Hall–Kier alpha value is -1.13. The molecule has 0 aliphatic heterocycles. The van der Waals surface area contributed by atoms with Gasteiger partial charge in [-0.1, -0.05) is 22.0 Å². The molecule has 2 nitrogen and oxygen atoms in total. The predicted molar refractivity (Wildman–Crippen MR) is 80.2 cm³/mol. The van der Waals surface area contributed by atoms with E-state index < -0.39 is 0 Å². The molecule has 2 heterocycles. The van der Waals surface area contributed by atoms with E-state index >= 15 is 0 Å². The average Bonchev–Trinajstić information content (AvgIpc) is 2.94. The van der Waals surface area contributed by atoms with E-state index in [2.05, 4.69) is 62.9 Å². The first kappa shape index (κ1) is 11.9. The van der Waals surface area contributed by atoms with E-state index in [4.69, 9.17) is 0 Å². The van der Waals surface area contributed by atoms with Gasteiger partial charge in [0, 0.05) is 39.4 Å². The lowest BCUT2D eigenvalue weighted by atomic mass is 10.2. The van der Waals surface area contributed by atoms with E-state index in [0.717, 1.165) is 23.1 Å². The van der Waals surface area contributed by atoms with Crippen LogP contribution in [0.25, 0.3) is 10.9 Å². The summed E-state index contributed by atoms with van der Waals surface area (Å²) in [6, 6.07) is 8.50. The first-order chi connectivity index (χ1) is 8.75. The van der Waals surface area contributed by atoms with E-state index in [1.54, 1.807) is 11.3 Å². The minimum Gasteiger partial charge on any atom is -0.347 e. The number of rotatable bonds is 3. The van der Waals surface area contributed by atoms with Gasteiger partial charge in [-0.15, -0.1) is 11.3 Å². The Morgan fingerprint density at radius 1 is 1.33 bits per heavy atom. The molecule has 0 aliphatic carbocycles. The molecular weight excluding hydrogens is 308 g/mol. The summed E-state index contributed by atoms with van der Waals surface area (Å²) in [6.07, 6.45) is 3.21. The van der Waals surface area contributed by atoms with Crippen LogP contribution in [0.15, 0.2) is 40.4 Å². The van der Waals surface area contributed by atoms with Crippen LogP contribution in [0.1, 0.15) is 10.6 Å². The highest BCUT2D eigenvalue weighted by Crippen LogP contribution is 2.25. The molecule has 0 spiro atoms. The maximum Gasteiger partial charge on any atom is 0.0797 e. The number of aromatic nitrogens is 2. The molecule has 0 saturated carbocycles. The number of hydrogen-bond donors (Lipinski definition) is 0. The van der Waals surface area contributed by atoms with Crippen molar-refractivity contribution in [3.63, 3.8) is 0 Å². The van der Waals surface area contributed by atoms with Crippen LogP contribution in [0.5, 0.6) is 0 Å². The van der Waals surface area contributed by atoms with Crippen molar-refractivity contribution in [2.75, 3.05) is 0 Å². The summed E-state index contributed by atoms with van der Waals surface area (Å²) in [5, 5.41) is 1.28. The van der Waals surface area contributed by atoms with Crippen molar-refractivity contribution in [2.24, 2.45) is 0 Å². The van der Waals surface area contributed by atoms with Crippen molar-refractivity contribution in [2.45, 2.75) is 19.9 Å². The van der Waals surface area contributed by atoms with Gasteiger partial charge >= 0.3 is 0 Å². The summed E-state index contributed by atoms with van der Waals surface area (Å²) in [6.45, 7) is 3.08. The second-order valence-electron chi connectivity index (χ2n) is 4.29. The van der Waals surface area contributed by atoms with E-state index in [9.17, 15) is 0 Å². The lowest BCUT2D eigenvalue weighted by Crippen LogP contribution is -1.99. The highest BCUT2D eigenvalue weighted by atomic mass is 79.9. The van der Waals surface area contributed by atoms with Crippen molar-refractivity contribution in [3.8, 4) is 0 Å². The molecule has 4 heteroatoms. The van der Waals surface area contributed by atoms with Gasteiger partial charge < -0.3 is 4.57 Å². The third-order valence-electron chi connectivity index (χ3n) is 3.19. The van der Waals surface area contributed by atoms with E-state index in [1.165, 1.54) is 15.8 Å². The second kappa shape index (κ2) is 4.86. The molecular formula is C14H13BrN2S. The fourth-order valence-electron chi connectivity index (χ4n) is 2.17. The number of thiazole rings is 1. The zero-order valence-corrected chi connectivity index (χ0v) is 12.5. The second-order valence-corrected chi connectivity index (χ2v) is 6.09. The Morgan fingerprint density at radius 3 is 3.00 bits per heavy atom. The molecule has 3 aromatic rings. The van der Waals surface area contributed by atoms with Crippen LogP contribution in [0, 0.1) is 6.92 Å². The standard InChI is InChI=1S/C14H13BrN2S/c1-10-14(18-9-16-10)6-8-17-7-5-11-12(15)3-2-4-13(11)17/h2-5,7,9H,6,8H2,1H3. The van der Waals surface area contributed by atoms with Gasteiger partial charge in [0.2, 0.25) is 0 Å². The van der Waals surface area contributed by atoms with E-state index in [-0.39, 0.29) is 0 Å². The minimum absolute atomic E-state index is 1.00. The van der Waals surface area contributed by atoms with Crippen LogP contribution in [0.4, 0.5) is 0 Å². The number of benzene rings is 1. The third kappa shape index (κ3) is 2.10. The molecule has 0 amide bonds. The molecule has 0 unspecified atom stereocenters. The molecule has 0 atom stereocenters. The van der Waals surface area contributed by atoms with Gasteiger partial charge in [-0.3, -0.25) is 0 Å². The molecule has 0 fully saturated rings. The Morgan fingerprint density at radius 2 is 2.22 bits per heavy atom. The maximum absolute atomic E-state index is 4.29. The van der Waals surface area contributed by atoms with E-state index in [0.29, 0.717) is 0 Å². The van der Waals surface area contributed by atoms with Gasteiger partial charge in [-0.25, -0.2) is 4.98 Å². The van der Waals surface area contributed by atoms with Crippen LogP contribution in [-0.4, -0.2) is 9.55 Å². The molecule has 3 rings (SSSR count). The Kier molecular flexibility index (Phi) is 3.22. The molecule has 0 radical (unpaired) electrons. The van der Waals surface area contributed by atoms with Gasteiger partial charge in [-0.05, 0) is 25.1 Å². The van der Waals surface area contributed by atoms with Gasteiger partial charge in [0.1, 0.15) is 0 Å². The smallest absolute Gasteiger partial charge is 0.0797 e. The minimum atomic E-state index is 1.00. The molecule has 0 bridgehead atoms. The summed E-state index contributed by atoms with van der Waals surface area (Å²) in [5.41, 5.74) is 4.37. The fourth-order valence-corrected chi connectivity index (χ4v) is 3.43. The highest BCUT2D eigenvalue weighted by Gasteiger charge is 2.05. The monoisotopic (exact) mass is 320 g/mol. The topological polar surface area (TPSA) is 17.8 Å². The third-order valence-corrected chi connectivity index (χ3v) is 4.87. The number of fused-ring (bicyclic) bond motifs is 1. The largest absolute Gasteiger partial charge is 0.347 e. The van der Waals surface area contributed by atoms with Gasteiger partial charge in [-0.2, -0.15) is 0 Å². The highest BCUT2D eigenvalue weighted by molar-refractivity contribution is 9.10. The zero-order valence-electron chi connectivity index (χ0n) is 10.1. The Labute approximate surface area is 118 Å².